The fourth-order valence-electron chi connectivity index (χ4n) is 6.32. The first-order valence-electron chi connectivity index (χ1n) is 15.3. The number of para-hydroxylation sites is 1. The van der Waals surface area contributed by atoms with Crippen LogP contribution in [0.2, 0.25) is 0 Å². The first-order valence-corrected chi connectivity index (χ1v) is 15.3. The first-order chi connectivity index (χ1) is 22.7. The van der Waals surface area contributed by atoms with Crippen molar-refractivity contribution in [3.8, 4) is 11.5 Å². The third kappa shape index (κ3) is 5.37. The lowest BCUT2D eigenvalue weighted by Crippen LogP contribution is -2.53. The molecule has 1 unspecified atom stereocenters. The van der Waals surface area contributed by atoms with Gasteiger partial charge in [0.25, 0.3) is 11.5 Å². The number of imidazole rings is 1. The van der Waals surface area contributed by atoms with Crippen LogP contribution in [0.1, 0.15) is 12.0 Å². The van der Waals surface area contributed by atoms with E-state index in [-0.39, 0.29) is 35.9 Å². The molecule has 2 aliphatic heterocycles. The van der Waals surface area contributed by atoms with Crippen LogP contribution in [0.15, 0.2) is 88.5 Å². The summed E-state index contributed by atoms with van der Waals surface area (Å²) >= 11 is 0. The number of hydrogen-bond donors (Lipinski definition) is 0. The molecule has 2 fully saturated rings. The summed E-state index contributed by atoms with van der Waals surface area (Å²) in [6.45, 7) is 1.78. The summed E-state index contributed by atoms with van der Waals surface area (Å²) in [5, 5.41) is 0. The maximum absolute atomic E-state index is 14.8. The van der Waals surface area contributed by atoms with Gasteiger partial charge in [-0.15, -0.1) is 0 Å². The van der Waals surface area contributed by atoms with Crippen LogP contribution in [0, 0.1) is 5.82 Å². The number of imide groups is 1. The minimum Gasteiger partial charge on any atom is -0.457 e. The van der Waals surface area contributed by atoms with Gasteiger partial charge in [-0.1, -0.05) is 36.4 Å². The summed E-state index contributed by atoms with van der Waals surface area (Å²) < 4.78 is 24.6. The molecule has 2 saturated heterocycles. The van der Waals surface area contributed by atoms with Crippen molar-refractivity contribution >= 4 is 34.6 Å². The van der Waals surface area contributed by atoms with E-state index in [4.69, 9.17) is 9.72 Å². The van der Waals surface area contributed by atoms with Gasteiger partial charge in [-0.25, -0.2) is 14.1 Å². The zero-order valence-electron chi connectivity index (χ0n) is 25.9. The number of nitrogens with zero attached hydrogens (tertiary/aromatic N) is 7. The number of carbonyl (C=O) groups excluding carboxylic acids is 2. The number of amides is 2. The van der Waals surface area contributed by atoms with Crippen molar-refractivity contribution in [3.63, 3.8) is 0 Å². The standard InChI is InChI=1S/C34H32FN7O5/c1-37-30-29(32(45)38(2)34(37)46)41(21-22-8-6-7-11-26(22)35)33(36-30)40-18-16-39(17-19-40)27-20-28(43)42(31(27)44)23-12-14-25(15-13-23)47-24-9-4-3-5-10-24/h3-15,27H,16-21H2,1-2H3. The molecule has 2 aliphatic rings. The van der Waals surface area contributed by atoms with Crippen LogP contribution in [-0.2, 0) is 30.2 Å². The van der Waals surface area contributed by atoms with E-state index in [0.717, 1.165) is 4.57 Å². The van der Waals surface area contributed by atoms with Gasteiger partial charge in [-0.05, 0) is 42.5 Å². The molecule has 0 radical (unpaired) electrons. The highest BCUT2D eigenvalue weighted by Crippen LogP contribution is 2.30. The zero-order chi connectivity index (χ0) is 32.8. The fraction of sp³-hybridized carbons (Fsp3) is 0.265. The molecule has 7 rings (SSSR count). The van der Waals surface area contributed by atoms with E-state index in [2.05, 4.69) is 0 Å². The fourth-order valence-corrected chi connectivity index (χ4v) is 6.32. The number of carbonyl (C=O) groups is 2. The third-order valence-corrected chi connectivity index (χ3v) is 8.85. The molecule has 2 amide bonds. The zero-order valence-corrected chi connectivity index (χ0v) is 25.9. The largest absolute Gasteiger partial charge is 0.457 e. The molecule has 0 spiro atoms. The first kappa shape index (κ1) is 30.1. The molecule has 47 heavy (non-hydrogen) atoms. The third-order valence-electron chi connectivity index (χ3n) is 8.85. The summed E-state index contributed by atoms with van der Waals surface area (Å²) in [4.78, 5) is 62.6. The highest BCUT2D eigenvalue weighted by molar-refractivity contribution is 6.22. The second-order valence-electron chi connectivity index (χ2n) is 11.7. The predicted octanol–water partition coefficient (Wildman–Crippen LogP) is 2.87. The van der Waals surface area contributed by atoms with Crippen molar-refractivity contribution in [2.75, 3.05) is 36.0 Å². The second kappa shape index (κ2) is 12.0. The van der Waals surface area contributed by atoms with E-state index in [0.29, 0.717) is 54.9 Å². The van der Waals surface area contributed by atoms with E-state index in [1.165, 1.54) is 22.6 Å². The van der Waals surface area contributed by atoms with Gasteiger partial charge in [-0.3, -0.25) is 33.0 Å². The van der Waals surface area contributed by atoms with Crippen LogP contribution in [0.25, 0.3) is 11.2 Å². The molecular formula is C34H32FN7O5. The molecule has 4 heterocycles. The van der Waals surface area contributed by atoms with E-state index >= 15 is 0 Å². The summed E-state index contributed by atoms with van der Waals surface area (Å²) in [5.74, 6) is 0.717. The Morgan fingerprint density at radius 1 is 0.809 bits per heavy atom. The lowest BCUT2D eigenvalue weighted by Gasteiger charge is -2.37. The van der Waals surface area contributed by atoms with E-state index < -0.39 is 23.1 Å². The number of aryl methyl sites for hydroxylation is 1. The molecular weight excluding hydrogens is 605 g/mol. The maximum atomic E-state index is 14.8. The van der Waals surface area contributed by atoms with Crippen molar-refractivity contribution in [2.45, 2.75) is 19.0 Å². The van der Waals surface area contributed by atoms with E-state index in [9.17, 15) is 23.6 Å². The number of piperazine rings is 1. The average Bonchev–Trinajstić information content (AvgIpc) is 3.61. The van der Waals surface area contributed by atoms with Gasteiger partial charge in [0.2, 0.25) is 11.9 Å². The van der Waals surface area contributed by atoms with Crippen LogP contribution >= 0.6 is 0 Å². The number of anilines is 2. The normalized spacial score (nSPS) is 17.2. The number of ether oxygens (including phenoxy) is 1. The Balaban J connectivity index is 1.10. The van der Waals surface area contributed by atoms with Crippen LogP contribution in [-0.4, -0.2) is 67.6 Å². The molecule has 0 saturated carbocycles. The summed E-state index contributed by atoms with van der Waals surface area (Å²) in [7, 11) is 2.95. The molecule has 0 bridgehead atoms. The molecule has 13 heteroatoms. The number of halogens is 1. The minimum absolute atomic E-state index is 0.0336. The lowest BCUT2D eigenvalue weighted by atomic mass is 10.1. The van der Waals surface area contributed by atoms with E-state index in [1.54, 1.807) is 54.1 Å². The van der Waals surface area contributed by atoms with Crippen LogP contribution < -0.4 is 25.8 Å². The van der Waals surface area contributed by atoms with Gasteiger partial charge < -0.3 is 9.64 Å². The van der Waals surface area contributed by atoms with Crippen molar-refractivity contribution in [1.82, 2.24) is 23.6 Å². The molecule has 5 aromatic rings. The molecule has 0 aliphatic carbocycles. The second-order valence-corrected chi connectivity index (χ2v) is 11.7. The van der Waals surface area contributed by atoms with Gasteiger partial charge in [0.05, 0.1) is 24.7 Å². The Hall–Kier alpha value is -5.56. The number of aromatic nitrogens is 4. The van der Waals surface area contributed by atoms with Gasteiger partial charge in [0.15, 0.2) is 11.2 Å². The number of hydrogen-bond acceptors (Lipinski definition) is 8. The highest BCUT2D eigenvalue weighted by Gasteiger charge is 2.43. The lowest BCUT2D eigenvalue weighted by molar-refractivity contribution is -0.123. The SMILES string of the molecule is Cn1c(=O)c2c(nc(N3CCN(C4CC(=O)N(c5ccc(Oc6ccccc6)cc5)C4=O)CC3)n2Cc2ccccc2F)n(C)c1=O. The highest BCUT2D eigenvalue weighted by atomic mass is 19.1. The van der Waals surface area contributed by atoms with Gasteiger partial charge in [-0.2, -0.15) is 4.98 Å². The van der Waals surface area contributed by atoms with Gasteiger partial charge >= 0.3 is 5.69 Å². The number of rotatable bonds is 7. The summed E-state index contributed by atoms with van der Waals surface area (Å²) in [6, 6.07) is 21.9. The van der Waals surface area contributed by atoms with Crippen LogP contribution in [0.3, 0.4) is 0 Å². The molecule has 1 atom stereocenters. The summed E-state index contributed by atoms with van der Waals surface area (Å²) in [6.07, 6.45) is 0.0606. The predicted molar refractivity (Wildman–Crippen MR) is 173 cm³/mol. The molecule has 3 aromatic carbocycles. The Morgan fingerprint density at radius 3 is 2.17 bits per heavy atom. The minimum atomic E-state index is -0.616. The van der Waals surface area contributed by atoms with Crippen molar-refractivity contribution < 1.29 is 18.7 Å². The topological polar surface area (TPSA) is 115 Å². The number of fused-ring (bicyclic) bond motifs is 1. The van der Waals surface area contributed by atoms with Crippen LogP contribution in [0.5, 0.6) is 11.5 Å². The van der Waals surface area contributed by atoms with Gasteiger partial charge in [0.1, 0.15) is 17.3 Å². The molecule has 2 aromatic heterocycles. The molecule has 12 nitrogen and oxygen atoms in total. The van der Waals surface area contributed by atoms with Crippen LogP contribution in [0.4, 0.5) is 16.0 Å². The Morgan fingerprint density at radius 2 is 1.47 bits per heavy atom. The van der Waals surface area contributed by atoms with Crippen molar-refractivity contribution in [1.29, 1.82) is 0 Å². The number of benzene rings is 3. The van der Waals surface area contributed by atoms with Crippen molar-refractivity contribution in [3.05, 3.63) is 111 Å². The Labute approximate surface area is 268 Å². The quantitative estimate of drug-likeness (QED) is 0.251. The molecule has 0 N–H and O–H groups in total. The Kier molecular flexibility index (Phi) is 7.68. The Bertz CT molecular complexity index is 2120. The summed E-state index contributed by atoms with van der Waals surface area (Å²) in [5.41, 5.74) is 0.225. The molecule has 240 valence electrons. The van der Waals surface area contributed by atoms with Gasteiger partial charge in [0, 0.05) is 45.8 Å². The van der Waals surface area contributed by atoms with Crippen molar-refractivity contribution in [2.24, 2.45) is 14.1 Å². The average molecular weight is 638 g/mol. The maximum Gasteiger partial charge on any atom is 0.332 e. The smallest absolute Gasteiger partial charge is 0.332 e. The monoisotopic (exact) mass is 637 g/mol. The van der Waals surface area contributed by atoms with E-state index in [1.807, 2.05) is 40.1 Å².